The summed E-state index contributed by atoms with van der Waals surface area (Å²) in [6, 6.07) is 0. The molecule has 0 heterocycles. The zero-order chi connectivity index (χ0) is 12.8. The van der Waals surface area contributed by atoms with Gasteiger partial charge < -0.3 is 5.11 Å². The Balaban J connectivity index is 3.31. The van der Waals surface area contributed by atoms with E-state index < -0.39 is 0 Å². The molecule has 1 unspecified atom stereocenters. The minimum atomic E-state index is -0.386. The zero-order valence-electron chi connectivity index (χ0n) is 11.8. The number of hydrogen-bond acceptors (Lipinski definition) is 1. The highest BCUT2D eigenvalue weighted by Crippen LogP contribution is 2.07. The van der Waals surface area contributed by atoms with Crippen LogP contribution in [-0.2, 0) is 0 Å². The highest BCUT2D eigenvalue weighted by atomic mass is 16.3. The molecule has 0 rings (SSSR count). The highest BCUT2D eigenvalue weighted by molar-refractivity contribution is 5.04. The van der Waals surface area contributed by atoms with Crippen molar-refractivity contribution in [3.8, 4) is 11.8 Å². The molecule has 0 fully saturated rings. The van der Waals surface area contributed by atoms with E-state index in [1.807, 2.05) is 0 Å². The first-order chi connectivity index (χ1) is 8.31. The Morgan fingerprint density at radius 1 is 0.824 bits per heavy atom. The summed E-state index contributed by atoms with van der Waals surface area (Å²) < 4.78 is 0. The van der Waals surface area contributed by atoms with Crippen molar-refractivity contribution in [3.05, 3.63) is 0 Å². The van der Waals surface area contributed by atoms with Crippen molar-refractivity contribution in [2.45, 2.75) is 90.6 Å². The van der Waals surface area contributed by atoms with Crippen LogP contribution in [0.4, 0.5) is 0 Å². The second kappa shape index (κ2) is 13.6. The Morgan fingerprint density at radius 3 is 2.06 bits per heavy atom. The largest absolute Gasteiger partial charge is 0.380 e. The van der Waals surface area contributed by atoms with Crippen LogP contribution in [0.3, 0.4) is 0 Å². The van der Waals surface area contributed by atoms with Crippen molar-refractivity contribution in [2.75, 3.05) is 0 Å². The first-order valence-corrected chi connectivity index (χ1v) is 7.47. The van der Waals surface area contributed by atoms with Crippen molar-refractivity contribution < 1.29 is 5.11 Å². The predicted octanol–water partition coefficient (Wildman–Crippen LogP) is 4.68. The maximum Gasteiger partial charge on any atom is 0.114 e. The van der Waals surface area contributed by atoms with E-state index >= 15 is 0 Å². The Kier molecular flexibility index (Phi) is 13.2. The summed E-state index contributed by atoms with van der Waals surface area (Å²) in [5, 5.41) is 9.63. The van der Waals surface area contributed by atoms with Crippen LogP contribution >= 0.6 is 0 Å². The van der Waals surface area contributed by atoms with E-state index in [9.17, 15) is 5.11 Å². The Hall–Kier alpha value is -0.480. The van der Waals surface area contributed by atoms with E-state index in [0.717, 1.165) is 19.3 Å². The number of aliphatic hydroxyl groups excluding tert-OH is 1. The standard InChI is InChI=1S/C16H30O/c1-3-5-7-9-11-13-15-16(17)14-12-10-8-6-4-2/h16-17H,3-12,14H2,1-2H3. The number of hydrogen-bond donors (Lipinski definition) is 1. The minimum Gasteiger partial charge on any atom is -0.380 e. The van der Waals surface area contributed by atoms with Gasteiger partial charge in [-0.1, -0.05) is 64.7 Å². The maximum atomic E-state index is 9.63. The van der Waals surface area contributed by atoms with Crippen LogP contribution in [0.15, 0.2) is 0 Å². The van der Waals surface area contributed by atoms with Gasteiger partial charge in [0.15, 0.2) is 0 Å². The molecule has 0 aromatic carbocycles. The number of aliphatic hydroxyl groups is 1. The van der Waals surface area contributed by atoms with E-state index in [1.54, 1.807) is 0 Å². The summed E-state index contributed by atoms with van der Waals surface area (Å²) in [7, 11) is 0. The lowest BCUT2D eigenvalue weighted by molar-refractivity contribution is 0.217. The third-order valence-corrected chi connectivity index (χ3v) is 3.01. The van der Waals surface area contributed by atoms with Gasteiger partial charge in [-0.2, -0.15) is 0 Å². The molecule has 1 nitrogen and oxygen atoms in total. The fourth-order valence-corrected chi connectivity index (χ4v) is 1.84. The van der Waals surface area contributed by atoms with Crippen molar-refractivity contribution in [1.82, 2.24) is 0 Å². The van der Waals surface area contributed by atoms with Gasteiger partial charge in [0.25, 0.3) is 0 Å². The van der Waals surface area contributed by atoms with Gasteiger partial charge in [-0.3, -0.25) is 0 Å². The Labute approximate surface area is 108 Å². The van der Waals surface area contributed by atoms with Gasteiger partial charge in [0.05, 0.1) is 0 Å². The van der Waals surface area contributed by atoms with Crippen LogP contribution in [0.1, 0.15) is 84.5 Å². The predicted molar refractivity (Wildman–Crippen MR) is 75.9 cm³/mol. The van der Waals surface area contributed by atoms with E-state index in [4.69, 9.17) is 0 Å². The Bertz CT molecular complexity index is 199. The molecule has 0 amide bonds. The van der Waals surface area contributed by atoms with Crippen molar-refractivity contribution in [1.29, 1.82) is 0 Å². The van der Waals surface area contributed by atoms with Crippen LogP contribution in [-0.4, -0.2) is 11.2 Å². The fourth-order valence-electron chi connectivity index (χ4n) is 1.84. The topological polar surface area (TPSA) is 20.2 Å². The van der Waals surface area contributed by atoms with Gasteiger partial charge in [-0.25, -0.2) is 0 Å². The lowest BCUT2D eigenvalue weighted by Crippen LogP contribution is -2.02. The first-order valence-electron chi connectivity index (χ1n) is 7.47. The third kappa shape index (κ3) is 13.5. The molecule has 0 saturated heterocycles. The molecule has 0 spiro atoms. The molecule has 1 atom stereocenters. The summed E-state index contributed by atoms with van der Waals surface area (Å²) in [6.45, 7) is 4.44. The number of unbranched alkanes of at least 4 members (excludes halogenated alkanes) is 8. The molecule has 1 heteroatoms. The SMILES string of the molecule is CCCCCCC#CC(O)CCCCCCC. The molecular formula is C16H30O. The Morgan fingerprint density at radius 2 is 1.41 bits per heavy atom. The second-order valence-corrected chi connectivity index (χ2v) is 4.85. The third-order valence-electron chi connectivity index (χ3n) is 3.01. The lowest BCUT2D eigenvalue weighted by Gasteiger charge is -2.02. The van der Waals surface area contributed by atoms with Gasteiger partial charge >= 0.3 is 0 Å². The smallest absolute Gasteiger partial charge is 0.114 e. The van der Waals surface area contributed by atoms with Crippen LogP contribution in [0.2, 0.25) is 0 Å². The molecule has 0 bridgehead atoms. The zero-order valence-corrected chi connectivity index (χ0v) is 11.8. The molecular weight excluding hydrogens is 208 g/mol. The van der Waals surface area contributed by atoms with E-state index in [2.05, 4.69) is 25.7 Å². The van der Waals surface area contributed by atoms with E-state index in [0.29, 0.717) is 0 Å². The first kappa shape index (κ1) is 16.5. The normalized spacial score (nSPS) is 11.9. The van der Waals surface area contributed by atoms with Crippen LogP contribution in [0, 0.1) is 11.8 Å². The summed E-state index contributed by atoms with van der Waals surface area (Å²) in [5.74, 6) is 6.05. The molecule has 100 valence electrons. The van der Waals surface area contributed by atoms with Gasteiger partial charge in [0, 0.05) is 6.42 Å². The molecule has 0 aliphatic carbocycles. The highest BCUT2D eigenvalue weighted by Gasteiger charge is 1.98. The van der Waals surface area contributed by atoms with Gasteiger partial charge in [-0.05, 0) is 19.3 Å². The lowest BCUT2D eigenvalue weighted by atomic mass is 10.1. The van der Waals surface area contributed by atoms with Gasteiger partial charge in [0.1, 0.15) is 6.10 Å². The summed E-state index contributed by atoms with van der Waals surface area (Å²) in [6.07, 6.45) is 12.7. The van der Waals surface area contributed by atoms with Crippen molar-refractivity contribution >= 4 is 0 Å². The fraction of sp³-hybridized carbons (Fsp3) is 0.875. The van der Waals surface area contributed by atoms with Crippen LogP contribution in [0.5, 0.6) is 0 Å². The van der Waals surface area contributed by atoms with Crippen molar-refractivity contribution in [2.24, 2.45) is 0 Å². The summed E-state index contributed by atoms with van der Waals surface area (Å²) in [5.41, 5.74) is 0. The van der Waals surface area contributed by atoms with Crippen LogP contribution in [0.25, 0.3) is 0 Å². The molecule has 0 aromatic heterocycles. The van der Waals surface area contributed by atoms with E-state index in [-0.39, 0.29) is 6.10 Å². The molecule has 0 saturated carbocycles. The molecule has 1 N–H and O–H groups in total. The van der Waals surface area contributed by atoms with Crippen molar-refractivity contribution in [3.63, 3.8) is 0 Å². The average Bonchev–Trinajstić information content (AvgIpc) is 2.33. The summed E-state index contributed by atoms with van der Waals surface area (Å²) >= 11 is 0. The minimum absolute atomic E-state index is 0.386. The molecule has 0 aliphatic rings. The summed E-state index contributed by atoms with van der Waals surface area (Å²) in [4.78, 5) is 0. The molecule has 17 heavy (non-hydrogen) atoms. The maximum absolute atomic E-state index is 9.63. The van der Waals surface area contributed by atoms with Gasteiger partial charge in [-0.15, -0.1) is 5.92 Å². The molecule has 0 aromatic rings. The van der Waals surface area contributed by atoms with Crippen LogP contribution < -0.4 is 0 Å². The monoisotopic (exact) mass is 238 g/mol. The number of rotatable bonds is 10. The van der Waals surface area contributed by atoms with E-state index in [1.165, 1.54) is 51.4 Å². The molecule has 0 aliphatic heterocycles. The quantitative estimate of drug-likeness (QED) is 0.433. The molecule has 0 radical (unpaired) electrons. The second-order valence-electron chi connectivity index (χ2n) is 4.85. The average molecular weight is 238 g/mol. The van der Waals surface area contributed by atoms with Gasteiger partial charge in [0.2, 0.25) is 0 Å².